The molecule has 0 aromatic heterocycles. The fourth-order valence-corrected chi connectivity index (χ4v) is 2.13. The molecule has 3 nitrogen and oxygen atoms in total. The molecule has 1 aliphatic heterocycles. The Hall–Kier alpha value is -2.29. The highest BCUT2D eigenvalue weighted by atomic mass is 16.5. The van der Waals surface area contributed by atoms with Crippen LogP contribution < -0.4 is 9.47 Å². The predicted octanol–water partition coefficient (Wildman–Crippen LogP) is 3.08. The van der Waals surface area contributed by atoms with Gasteiger partial charge in [-0.15, -0.1) is 0 Å². The normalized spacial score (nSPS) is 14.6. The summed E-state index contributed by atoms with van der Waals surface area (Å²) in [6.07, 6.45) is 0.789. The molecule has 0 saturated heterocycles. The maximum Gasteiger partial charge on any atom is 0.200 e. The maximum absolute atomic E-state index is 12.6. The summed E-state index contributed by atoms with van der Waals surface area (Å²) in [5.41, 5.74) is 1.17. The van der Waals surface area contributed by atoms with Crippen molar-refractivity contribution < 1.29 is 14.3 Å². The van der Waals surface area contributed by atoms with E-state index in [-0.39, 0.29) is 5.78 Å². The monoisotopic (exact) mass is 254 g/mol. The molecule has 2 aromatic carbocycles. The third kappa shape index (κ3) is 2.32. The zero-order valence-corrected chi connectivity index (χ0v) is 10.5. The third-order valence-corrected chi connectivity index (χ3v) is 3.07. The van der Waals surface area contributed by atoms with Gasteiger partial charge in [0.2, 0.25) is 0 Å². The van der Waals surface area contributed by atoms with E-state index in [1.165, 1.54) is 0 Å². The van der Waals surface area contributed by atoms with Crippen molar-refractivity contribution in [1.82, 2.24) is 0 Å². The van der Waals surface area contributed by atoms with Crippen molar-refractivity contribution in [2.24, 2.45) is 0 Å². The van der Waals surface area contributed by atoms with Crippen molar-refractivity contribution in [2.75, 3.05) is 13.2 Å². The number of carbonyl (C=O) groups excluding carboxylic acids is 1. The second-order valence-electron chi connectivity index (χ2n) is 4.37. The lowest BCUT2D eigenvalue weighted by Gasteiger charge is -2.16. The van der Waals surface area contributed by atoms with Crippen LogP contribution in [0.5, 0.6) is 11.5 Å². The van der Waals surface area contributed by atoms with Crippen LogP contribution in [0.15, 0.2) is 48.5 Å². The van der Waals surface area contributed by atoms with Gasteiger partial charge in [-0.2, -0.15) is 0 Å². The smallest absolute Gasteiger partial charge is 0.200 e. The molecule has 0 bridgehead atoms. The lowest BCUT2D eigenvalue weighted by atomic mass is 10.0. The summed E-state index contributed by atoms with van der Waals surface area (Å²) in [6, 6.07) is 14.7. The number of fused-ring (bicyclic) bond motifs is 2. The molecule has 0 N–H and O–H groups in total. The first kappa shape index (κ1) is 11.8. The van der Waals surface area contributed by atoms with Crippen LogP contribution in [0.25, 0.3) is 0 Å². The second kappa shape index (κ2) is 5.14. The number of para-hydroxylation sites is 2. The number of hydrogen-bond acceptors (Lipinski definition) is 3. The molecule has 0 saturated carbocycles. The molecular weight excluding hydrogens is 240 g/mol. The summed E-state index contributed by atoms with van der Waals surface area (Å²) in [5, 5.41) is 0. The lowest BCUT2D eigenvalue weighted by Crippen LogP contribution is -2.13. The summed E-state index contributed by atoms with van der Waals surface area (Å²) in [4.78, 5) is 12.6. The Bertz CT molecular complexity index is 553. The standard InChI is InChI=1S/C16H14O3/c17-16-12-6-1-3-8-14(12)18-10-5-11-19-15-9-4-2-7-13(15)16/h1-4,6-9H,5,10-11H2. The Kier molecular flexibility index (Phi) is 3.19. The third-order valence-electron chi connectivity index (χ3n) is 3.07. The van der Waals surface area contributed by atoms with Crippen LogP contribution in [0.1, 0.15) is 22.3 Å². The first-order valence-corrected chi connectivity index (χ1v) is 6.34. The molecule has 96 valence electrons. The number of rotatable bonds is 0. The van der Waals surface area contributed by atoms with Gasteiger partial charge in [0.25, 0.3) is 0 Å². The maximum atomic E-state index is 12.6. The van der Waals surface area contributed by atoms with E-state index in [0.29, 0.717) is 35.8 Å². The van der Waals surface area contributed by atoms with Gasteiger partial charge in [-0.1, -0.05) is 24.3 Å². The average Bonchev–Trinajstić information content (AvgIpc) is 2.47. The highest BCUT2D eigenvalue weighted by Crippen LogP contribution is 2.27. The summed E-state index contributed by atoms with van der Waals surface area (Å²) in [6.45, 7) is 1.10. The zero-order chi connectivity index (χ0) is 13.1. The molecule has 0 spiro atoms. The molecule has 1 aliphatic rings. The molecule has 0 amide bonds. The van der Waals surface area contributed by atoms with Crippen LogP contribution in [0.3, 0.4) is 0 Å². The molecule has 19 heavy (non-hydrogen) atoms. The minimum absolute atomic E-state index is 0.0619. The molecule has 3 heteroatoms. The molecular formula is C16H14O3. The SMILES string of the molecule is O=C1c2ccccc2OCCCOc2ccccc21. The highest BCUT2D eigenvalue weighted by molar-refractivity contribution is 6.12. The Morgan fingerprint density at radius 2 is 1.21 bits per heavy atom. The fourth-order valence-electron chi connectivity index (χ4n) is 2.13. The van der Waals surface area contributed by atoms with E-state index >= 15 is 0 Å². The number of hydrogen-bond donors (Lipinski definition) is 0. The van der Waals surface area contributed by atoms with Crippen LogP contribution in [0.2, 0.25) is 0 Å². The summed E-state index contributed by atoms with van der Waals surface area (Å²) >= 11 is 0. The topological polar surface area (TPSA) is 35.5 Å². The zero-order valence-electron chi connectivity index (χ0n) is 10.5. The number of benzene rings is 2. The Labute approximate surface area is 111 Å². The van der Waals surface area contributed by atoms with Crippen molar-refractivity contribution in [3.63, 3.8) is 0 Å². The molecule has 1 heterocycles. The van der Waals surface area contributed by atoms with Crippen LogP contribution in [-0.4, -0.2) is 19.0 Å². The van der Waals surface area contributed by atoms with Gasteiger partial charge in [0.15, 0.2) is 5.78 Å². The van der Waals surface area contributed by atoms with Gasteiger partial charge in [-0.3, -0.25) is 4.79 Å². The van der Waals surface area contributed by atoms with Crippen molar-refractivity contribution >= 4 is 5.78 Å². The van der Waals surface area contributed by atoms with Crippen molar-refractivity contribution in [3.8, 4) is 11.5 Å². The Morgan fingerprint density at radius 3 is 1.74 bits per heavy atom. The van der Waals surface area contributed by atoms with E-state index in [1.807, 2.05) is 36.4 Å². The second-order valence-corrected chi connectivity index (χ2v) is 4.37. The quantitative estimate of drug-likeness (QED) is 0.724. The van der Waals surface area contributed by atoms with Gasteiger partial charge in [0.05, 0.1) is 24.3 Å². The molecule has 2 aromatic rings. The van der Waals surface area contributed by atoms with Gasteiger partial charge in [-0.05, 0) is 24.3 Å². The first-order chi connectivity index (χ1) is 9.36. The molecule has 0 fully saturated rings. The summed E-state index contributed by atoms with van der Waals surface area (Å²) in [7, 11) is 0. The average molecular weight is 254 g/mol. The van der Waals surface area contributed by atoms with E-state index in [1.54, 1.807) is 12.1 Å². The number of ketones is 1. The van der Waals surface area contributed by atoms with Crippen molar-refractivity contribution in [3.05, 3.63) is 59.7 Å². The van der Waals surface area contributed by atoms with Crippen LogP contribution in [-0.2, 0) is 0 Å². The number of ether oxygens (including phenoxy) is 2. The minimum Gasteiger partial charge on any atom is -0.493 e. The van der Waals surface area contributed by atoms with Gasteiger partial charge in [0.1, 0.15) is 11.5 Å². The molecule has 0 unspecified atom stereocenters. The predicted molar refractivity (Wildman–Crippen MR) is 71.9 cm³/mol. The van der Waals surface area contributed by atoms with Gasteiger partial charge in [-0.25, -0.2) is 0 Å². The highest BCUT2D eigenvalue weighted by Gasteiger charge is 2.19. The van der Waals surface area contributed by atoms with Crippen LogP contribution in [0.4, 0.5) is 0 Å². The number of carbonyl (C=O) groups is 1. The van der Waals surface area contributed by atoms with Gasteiger partial charge < -0.3 is 9.47 Å². The van der Waals surface area contributed by atoms with Gasteiger partial charge in [0, 0.05) is 6.42 Å². The molecule has 0 radical (unpaired) electrons. The van der Waals surface area contributed by atoms with Crippen LogP contribution in [0, 0.1) is 0 Å². The Balaban J connectivity index is 2.12. The summed E-state index contributed by atoms with van der Waals surface area (Å²) < 4.78 is 11.3. The van der Waals surface area contributed by atoms with E-state index < -0.39 is 0 Å². The van der Waals surface area contributed by atoms with E-state index in [4.69, 9.17) is 9.47 Å². The van der Waals surface area contributed by atoms with E-state index in [9.17, 15) is 4.79 Å². The Morgan fingerprint density at radius 1 is 0.737 bits per heavy atom. The van der Waals surface area contributed by atoms with E-state index in [2.05, 4.69) is 0 Å². The van der Waals surface area contributed by atoms with Crippen molar-refractivity contribution in [2.45, 2.75) is 6.42 Å². The molecule has 0 atom stereocenters. The van der Waals surface area contributed by atoms with Crippen LogP contribution >= 0.6 is 0 Å². The summed E-state index contributed by atoms with van der Waals surface area (Å²) in [5.74, 6) is 1.22. The largest absolute Gasteiger partial charge is 0.493 e. The molecule has 0 aliphatic carbocycles. The van der Waals surface area contributed by atoms with Gasteiger partial charge >= 0.3 is 0 Å². The minimum atomic E-state index is -0.0619. The first-order valence-electron chi connectivity index (χ1n) is 6.34. The fraction of sp³-hybridized carbons (Fsp3) is 0.188. The van der Waals surface area contributed by atoms with E-state index in [0.717, 1.165) is 6.42 Å². The molecule has 3 rings (SSSR count). The van der Waals surface area contributed by atoms with Crippen molar-refractivity contribution in [1.29, 1.82) is 0 Å². The lowest BCUT2D eigenvalue weighted by molar-refractivity contribution is 0.102.